The fourth-order valence-electron chi connectivity index (χ4n) is 3.41. The van der Waals surface area contributed by atoms with Gasteiger partial charge in [0.1, 0.15) is 5.82 Å². The van der Waals surface area contributed by atoms with Crippen molar-refractivity contribution in [3.63, 3.8) is 0 Å². The third-order valence-corrected chi connectivity index (χ3v) is 5.03. The summed E-state index contributed by atoms with van der Waals surface area (Å²) in [5, 5.41) is 3.11. The van der Waals surface area contributed by atoms with Crippen molar-refractivity contribution in [2.24, 2.45) is 11.8 Å². The van der Waals surface area contributed by atoms with E-state index in [1.54, 1.807) is 17.0 Å². The number of amides is 2. The molecule has 1 fully saturated rings. The molecule has 1 aromatic rings. The highest BCUT2D eigenvalue weighted by Gasteiger charge is 2.28. The molecule has 5 heteroatoms. The summed E-state index contributed by atoms with van der Waals surface area (Å²) >= 11 is 0. The van der Waals surface area contributed by atoms with Crippen molar-refractivity contribution < 1.29 is 14.0 Å². The summed E-state index contributed by atoms with van der Waals surface area (Å²) in [5.74, 6) is 0.179. The zero-order chi connectivity index (χ0) is 19.1. The molecule has 0 bridgehead atoms. The molecule has 144 valence electrons. The Balaban J connectivity index is 1.76. The molecule has 0 spiro atoms. The Morgan fingerprint density at radius 3 is 2.50 bits per heavy atom. The summed E-state index contributed by atoms with van der Waals surface area (Å²) in [6.45, 7) is 7.55. The Morgan fingerprint density at radius 2 is 1.88 bits per heavy atom. The number of carbonyl (C=O) groups excluding carboxylic acids is 2. The van der Waals surface area contributed by atoms with E-state index in [-0.39, 0.29) is 23.8 Å². The minimum absolute atomic E-state index is 0.0425. The second-order valence-corrected chi connectivity index (χ2v) is 7.81. The van der Waals surface area contributed by atoms with Gasteiger partial charge in [0.15, 0.2) is 0 Å². The van der Waals surface area contributed by atoms with Crippen molar-refractivity contribution in [2.45, 2.75) is 58.9 Å². The predicted octanol–water partition coefficient (Wildman–Crippen LogP) is 4.01. The third-order valence-electron chi connectivity index (χ3n) is 5.03. The largest absolute Gasteiger partial charge is 0.353 e. The van der Waals surface area contributed by atoms with Crippen molar-refractivity contribution in [1.29, 1.82) is 0 Å². The maximum Gasteiger partial charge on any atom is 0.253 e. The van der Waals surface area contributed by atoms with E-state index in [0.717, 1.165) is 12.8 Å². The van der Waals surface area contributed by atoms with Gasteiger partial charge in [-0.25, -0.2) is 4.39 Å². The monoisotopic (exact) mass is 362 g/mol. The lowest BCUT2D eigenvalue weighted by molar-refractivity contribution is -0.126. The fourth-order valence-corrected chi connectivity index (χ4v) is 3.41. The van der Waals surface area contributed by atoms with E-state index in [4.69, 9.17) is 0 Å². The minimum Gasteiger partial charge on any atom is -0.353 e. The van der Waals surface area contributed by atoms with Crippen LogP contribution in [0.15, 0.2) is 24.3 Å². The summed E-state index contributed by atoms with van der Waals surface area (Å²) < 4.78 is 13.3. The molecule has 26 heavy (non-hydrogen) atoms. The second-order valence-electron chi connectivity index (χ2n) is 7.81. The van der Waals surface area contributed by atoms with E-state index in [1.807, 2.05) is 0 Å². The van der Waals surface area contributed by atoms with Gasteiger partial charge in [-0.05, 0) is 50.3 Å². The molecular weight excluding hydrogens is 331 g/mol. The Kier molecular flexibility index (Phi) is 7.61. The average Bonchev–Trinajstić information content (AvgIpc) is 2.61. The van der Waals surface area contributed by atoms with Crippen LogP contribution in [0.2, 0.25) is 0 Å². The summed E-state index contributed by atoms with van der Waals surface area (Å²) in [7, 11) is 0. The Labute approximate surface area is 156 Å². The fraction of sp³-hybridized carbons (Fsp3) is 0.619. The third kappa shape index (κ3) is 6.11. The summed E-state index contributed by atoms with van der Waals surface area (Å²) in [6.07, 6.45) is 4.62. The van der Waals surface area contributed by atoms with Crippen LogP contribution in [-0.4, -0.2) is 35.8 Å². The van der Waals surface area contributed by atoms with Gasteiger partial charge in [-0.15, -0.1) is 0 Å². The lowest BCUT2D eigenvalue weighted by Crippen LogP contribution is -2.44. The molecule has 1 aromatic carbocycles. The molecule has 0 radical (unpaired) electrons. The van der Waals surface area contributed by atoms with Gasteiger partial charge in [0.05, 0.1) is 0 Å². The van der Waals surface area contributed by atoms with Crippen molar-refractivity contribution in [2.75, 3.05) is 13.1 Å². The first kappa shape index (κ1) is 20.4. The molecule has 2 rings (SSSR count). The van der Waals surface area contributed by atoms with Crippen molar-refractivity contribution in [3.8, 4) is 0 Å². The molecule has 1 aliphatic rings. The van der Waals surface area contributed by atoms with Gasteiger partial charge in [0, 0.05) is 30.6 Å². The highest BCUT2D eigenvalue weighted by atomic mass is 19.1. The lowest BCUT2D eigenvalue weighted by Gasteiger charge is -2.32. The number of carbonyl (C=O) groups is 2. The van der Waals surface area contributed by atoms with Gasteiger partial charge < -0.3 is 10.2 Å². The van der Waals surface area contributed by atoms with E-state index in [0.29, 0.717) is 37.4 Å². The van der Waals surface area contributed by atoms with Gasteiger partial charge >= 0.3 is 0 Å². The topological polar surface area (TPSA) is 49.4 Å². The molecule has 0 saturated carbocycles. The maximum atomic E-state index is 13.3. The zero-order valence-electron chi connectivity index (χ0n) is 16.1. The van der Waals surface area contributed by atoms with Crippen LogP contribution in [0.25, 0.3) is 0 Å². The molecule has 1 unspecified atom stereocenters. The molecule has 4 nitrogen and oxygen atoms in total. The Morgan fingerprint density at radius 1 is 1.19 bits per heavy atom. The Hall–Kier alpha value is -1.91. The zero-order valence-corrected chi connectivity index (χ0v) is 16.1. The number of hydrogen-bond acceptors (Lipinski definition) is 2. The quantitative estimate of drug-likeness (QED) is 0.797. The summed E-state index contributed by atoms with van der Waals surface area (Å²) in [5.41, 5.74) is 0.367. The molecule has 1 atom stereocenters. The summed E-state index contributed by atoms with van der Waals surface area (Å²) in [4.78, 5) is 26.6. The van der Waals surface area contributed by atoms with E-state index >= 15 is 0 Å². The van der Waals surface area contributed by atoms with Gasteiger partial charge in [-0.1, -0.05) is 32.8 Å². The highest BCUT2D eigenvalue weighted by Crippen LogP contribution is 2.20. The Bertz CT molecular complexity index is 610. The van der Waals surface area contributed by atoms with Crippen LogP contribution in [0.5, 0.6) is 0 Å². The van der Waals surface area contributed by atoms with Crippen LogP contribution in [0.1, 0.15) is 63.2 Å². The number of halogens is 1. The van der Waals surface area contributed by atoms with Crippen molar-refractivity contribution >= 4 is 11.8 Å². The highest BCUT2D eigenvalue weighted by molar-refractivity contribution is 5.94. The van der Waals surface area contributed by atoms with E-state index in [1.165, 1.54) is 18.6 Å². The smallest absolute Gasteiger partial charge is 0.253 e. The van der Waals surface area contributed by atoms with Crippen molar-refractivity contribution in [1.82, 2.24) is 10.2 Å². The first-order valence-electron chi connectivity index (χ1n) is 9.72. The van der Waals surface area contributed by atoms with Crippen LogP contribution >= 0.6 is 0 Å². The predicted molar refractivity (Wildman–Crippen MR) is 101 cm³/mol. The van der Waals surface area contributed by atoms with Gasteiger partial charge in [-0.3, -0.25) is 9.59 Å². The van der Waals surface area contributed by atoms with Gasteiger partial charge in [0.2, 0.25) is 5.91 Å². The first-order chi connectivity index (χ1) is 12.4. The molecule has 0 aromatic heterocycles. The van der Waals surface area contributed by atoms with E-state index in [9.17, 15) is 14.0 Å². The number of hydrogen-bond donors (Lipinski definition) is 1. The van der Waals surface area contributed by atoms with Crippen LogP contribution in [0.4, 0.5) is 4.39 Å². The average molecular weight is 362 g/mol. The standard InChI is InChI=1S/C21H31FN2O2/c1-15(2)6-4-7-16(3)23-20(25)17-10-12-24(13-11-17)21(26)18-8-5-9-19(22)14-18/h5,8-9,14-17H,4,6-7,10-13H2,1-3H3,(H,23,25). The summed E-state index contributed by atoms with van der Waals surface area (Å²) in [6, 6.07) is 5.95. The van der Waals surface area contributed by atoms with Gasteiger partial charge in [0.25, 0.3) is 5.91 Å². The molecule has 1 aliphatic heterocycles. The van der Waals surface area contributed by atoms with E-state index < -0.39 is 5.82 Å². The molecular formula is C21H31FN2O2. The normalized spacial score (nSPS) is 16.6. The van der Waals surface area contributed by atoms with Crippen LogP contribution in [0.3, 0.4) is 0 Å². The lowest BCUT2D eigenvalue weighted by atomic mass is 9.94. The first-order valence-corrected chi connectivity index (χ1v) is 9.72. The minimum atomic E-state index is -0.406. The number of likely N-dealkylation sites (tertiary alicyclic amines) is 1. The SMILES string of the molecule is CC(C)CCCC(C)NC(=O)C1CCN(C(=O)c2cccc(F)c2)CC1. The van der Waals surface area contributed by atoms with E-state index in [2.05, 4.69) is 26.1 Å². The molecule has 1 saturated heterocycles. The van der Waals surface area contributed by atoms with Crippen molar-refractivity contribution in [3.05, 3.63) is 35.6 Å². The van der Waals surface area contributed by atoms with Crippen LogP contribution in [-0.2, 0) is 4.79 Å². The molecule has 1 heterocycles. The van der Waals surface area contributed by atoms with Crippen LogP contribution in [0, 0.1) is 17.7 Å². The number of nitrogens with one attached hydrogen (secondary N) is 1. The number of benzene rings is 1. The number of rotatable bonds is 7. The van der Waals surface area contributed by atoms with Gasteiger partial charge in [-0.2, -0.15) is 0 Å². The number of piperidine rings is 1. The maximum absolute atomic E-state index is 13.3. The molecule has 1 N–H and O–H groups in total. The van der Waals surface area contributed by atoms with Crippen LogP contribution < -0.4 is 5.32 Å². The molecule has 0 aliphatic carbocycles. The molecule has 2 amide bonds. The second kappa shape index (κ2) is 9.70. The number of nitrogens with zero attached hydrogens (tertiary/aromatic N) is 1.